The lowest BCUT2D eigenvalue weighted by Gasteiger charge is -2.44. The zero-order valence-electron chi connectivity index (χ0n) is 11.5. The molecule has 0 radical (unpaired) electrons. The number of aromatic nitrogens is 1. The molecule has 4 nitrogen and oxygen atoms in total. The summed E-state index contributed by atoms with van der Waals surface area (Å²) in [4.78, 5) is 15.8. The fourth-order valence-electron chi connectivity index (χ4n) is 2.93. The first-order valence-electron chi connectivity index (χ1n) is 6.47. The van der Waals surface area contributed by atoms with Gasteiger partial charge in [0.1, 0.15) is 6.04 Å². The standard InChI is InChI=1S/C14H21N2O2.HI/c1-16(11-14(17)18-2)9-4-3-7-13(16)12-6-5-8-15-10-12;/h5-6,8,10,13H,3-4,7,9,11H2,1-2H3;1H/q+1;/p-1. The molecule has 2 unspecified atom stereocenters. The molecule has 0 aromatic carbocycles. The molecule has 0 N–H and O–H groups in total. The minimum atomic E-state index is -0.131. The van der Waals surface area contributed by atoms with E-state index < -0.39 is 0 Å². The van der Waals surface area contributed by atoms with Crippen molar-refractivity contribution in [1.29, 1.82) is 0 Å². The van der Waals surface area contributed by atoms with Crippen LogP contribution in [0.5, 0.6) is 0 Å². The van der Waals surface area contributed by atoms with Gasteiger partial charge in [-0.2, -0.15) is 0 Å². The Morgan fingerprint density at radius 2 is 2.32 bits per heavy atom. The number of hydrogen-bond acceptors (Lipinski definition) is 3. The number of ether oxygens (including phenoxy) is 1. The number of pyridine rings is 1. The number of piperidine rings is 1. The van der Waals surface area contributed by atoms with Crippen LogP contribution in [-0.4, -0.2) is 42.7 Å². The molecule has 1 aromatic heterocycles. The predicted molar refractivity (Wildman–Crippen MR) is 68.8 cm³/mol. The van der Waals surface area contributed by atoms with E-state index in [4.69, 9.17) is 4.74 Å². The predicted octanol–water partition coefficient (Wildman–Crippen LogP) is -1.07. The number of halogens is 1. The molecular weight excluding hydrogens is 355 g/mol. The average molecular weight is 376 g/mol. The van der Waals surface area contributed by atoms with E-state index in [-0.39, 0.29) is 29.9 Å². The van der Waals surface area contributed by atoms with Crippen LogP contribution in [0, 0.1) is 0 Å². The summed E-state index contributed by atoms with van der Waals surface area (Å²) < 4.78 is 5.57. The molecule has 0 aliphatic carbocycles. The number of likely N-dealkylation sites (tertiary alicyclic amines) is 1. The summed E-state index contributed by atoms with van der Waals surface area (Å²) in [6, 6.07) is 4.43. The summed E-state index contributed by atoms with van der Waals surface area (Å²) >= 11 is 0. The van der Waals surface area contributed by atoms with Crippen LogP contribution in [0.2, 0.25) is 0 Å². The largest absolute Gasteiger partial charge is 1.00 e. The molecule has 5 heteroatoms. The first-order valence-corrected chi connectivity index (χ1v) is 6.47. The number of carbonyl (C=O) groups is 1. The van der Waals surface area contributed by atoms with Crippen LogP contribution >= 0.6 is 0 Å². The Bertz CT molecular complexity index is 413. The summed E-state index contributed by atoms with van der Waals surface area (Å²) in [6.45, 7) is 1.46. The molecule has 1 aliphatic heterocycles. The highest BCUT2D eigenvalue weighted by Gasteiger charge is 2.38. The van der Waals surface area contributed by atoms with Crippen LogP contribution < -0.4 is 24.0 Å². The van der Waals surface area contributed by atoms with Crippen molar-refractivity contribution in [3.8, 4) is 0 Å². The average Bonchev–Trinajstić information content (AvgIpc) is 2.39. The molecule has 1 aromatic rings. The van der Waals surface area contributed by atoms with Crippen molar-refractivity contribution in [2.24, 2.45) is 0 Å². The smallest absolute Gasteiger partial charge is 0.361 e. The highest BCUT2D eigenvalue weighted by atomic mass is 127. The van der Waals surface area contributed by atoms with Gasteiger partial charge in [0.2, 0.25) is 0 Å². The second-order valence-electron chi connectivity index (χ2n) is 5.24. The van der Waals surface area contributed by atoms with Crippen LogP contribution in [0.25, 0.3) is 0 Å². The molecule has 0 bridgehead atoms. The Balaban J connectivity index is 0.00000180. The molecule has 106 valence electrons. The molecular formula is C14H21IN2O2. The van der Waals surface area contributed by atoms with Crippen LogP contribution in [0.1, 0.15) is 30.9 Å². The Morgan fingerprint density at radius 1 is 1.53 bits per heavy atom. The van der Waals surface area contributed by atoms with E-state index in [0.717, 1.165) is 17.4 Å². The quantitative estimate of drug-likeness (QED) is 0.383. The van der Waals surface area contributed by atoms with Gasteiger partial charge in [-0.25, -0.2) is 4.79 Å². The van der Waals surface area contributed by atoms with Gasteiger partial charge >= 0.3 is 5.97 Å². The molecule has 2 atom stereocenters. The van der Waals surface area contributed by atoms with Crippen molar-refractivity contribution in [2.75, 3.05) is 27.2 Å². The zero-order chi connectivity index (χ0) is 13.0. The van der Waals surface area contributed by atoms with E-state index in [1.54, 1.807) is 6.20 Å². The van der Waals surface area contributed by atoms with Gasteiger partial charge in [-0.3, -0.25) is 4.98 Å². The lowest BCUT2D eigenvalue weighted by Crippen LogP contribution is -3.00. The fraction of sp³-hybridized carbons (Fsp3) is 0.571. The number of quaternary nitrogens is 1. The van der Waals surface area contributed by atoms with Crippen LogP contribution in [0.3, 0.4) is 0 Å². The van der Waals surface area contributed by atoms with Crippen LogP contribution in [0.15, 0.2) is 24.5 Å². The maximum Gasteiger partial charge on any atom is 0.361 e. The van der Waals surface area contributed by atoms with Gasteiger partial charge in [0, 0.05) is 24.4 Å². The van der Waals surface area contributed by atoms with Crippen LogP contribution in [0.4, 0.5) is 0 Å². The number of rotatable bonds is 3. The summed E-state index contributed by atoms with van der Waals surface area (Å²) in [5.74, 6) is -0.131. The summed E-state index contributed by atoms with van der Waals surface area (Å²) in [5, 5.41) is 0. The molecule has 2 rings (SSSR count). The van der Waals surface area contributed by atoms with Crippen molar-refractivity contribution < 1.29 is 38.0 Å². The van der Waals surface area contributed by atoms with Gasteiger partial charge in [-0.05, 0) is 18.9 Å². The van der Waals surface area contributed by atoms with Gasteiger partial charge in [0.15, 0.2) is 6.54 Å². The highest BCUT2D eigenvalue weighted by Crippen LogP contribution is 2.35. The number of nitrogens with zero attached hydrogens (tertiary/aromatic N) is 2. The summed E-state index contributed by atoms with van der Waals surface area (Å²) in [6.07, 6.45) is 7.21. The molecule has 0 saturated carbocycles. The van der Waals surface area contributed by atoms with E-state index >= 15 is 0 Å². The first-order chi connectivity index (χ1) is 8.65. The zero-order valence-corrected chi connectivity index (χ0v) is 13.7. The van der Waals surface area contributed by atoms with Gasteiger partial charge in [0.05, 0.1) is 20.7 Å². The lowest BCUT2D eigenvalue weighted by atomic mass is 9.94. The van der Waals surface area contributed by atoms with Crippen molar-refractivity contribution in [1.82, 2.24) is 4.98 Å². The highest BCUT2D eigenvalue weighted by molar-refractivity contribution is 5.70. The van der Waals surface area contributed by atoms with Crippen molar-refractivity contribution in [3.63, 3.8) is 0 Å². The third-order valence-electron chi connectivity index (χ3n) is 3.94. The number of carbonyl (C=O) groups excluding carboxylic acids is 1. The van der Waals surface area contributed by atoms with Crippen LogP contribution in [-0.2, 0) is 9.53 Å². The van der Waals surface area contributed by atoms with E-state index in [9.17, 15) is 4.79 Å². The number of hydrogen-bond donors (Lipinski definition) is 0. The van der Waals surface area contributed by atoms with Gasteiger partial charge in [0.25, 0.3) is 0 Å². The Labute approximate surface area is 131 Å². The third kappa shape index (κ3) is 3.89. The maximum absolute atomic E-state index is 11.6. The van der Waals surface area contributed by atoms with Crippen molar-refractivity contribution >= 4 is 5.97 Å². The maximum atomic E-state index is 11.6. The number of likely N-dealkylation sites (N-methyl/N-ethyl adjacent to an activating group) is 1. The lowest BCUT2D eigenvalue weighted by molar-refractivity contribution is -0.937. The Kier molecular flexibility index (Phi) is 6.19. The molecule has 0 amide bonds. The van der Waals surface area contributed by atoms with E-state index in [2.05, 4.69) is 18.1 Å². The minimum absolute atomic E-state index is 0. The first kappa shape index (κ1) is 16.4. The van der Waals surface area contributed by atoms with E-state index in [0.29, 0.717) is 12.6 Å². The second kappa shape index (κ2) is 7.19. The monoisotopic (exact) mass is 376 g/mol. The molecule has 19 heavy (non-hydrogen) atoms. The normalized spacial score (nSPS) is 26.3. The Hall–Kier alpha value is -0.690. The van der Waals surface area contributed by atoms with Gasteiger partial charge in [-0.1, -0.05) is 6.07 Å². The molecule has 2 heterocycles. The topological polar surface area (TPSA) is 39.2 Å². The molecule has 1 fully saturated rings. The summed E-state index contributed by atoms with van der Waals surface area (Å²) in [7, 11) is 3.60. The Morgan fingerprint density at radius 3 is 2.95 bits per heavy atom. The summed E-state index contributed by atoms with van der Waals surface area (Å²) in [5.41, 5.74) is 1.23. The third-order valence-corrected chi connectivity index (χ3v) is 3.94. The molecule has 1 aliphatic rings. The van der Waals surface area contributed by atoms with Gasteiger partial charge in [-0.15, -0.1) is 0 Å². The number of methoxy groups -OCH3 is 1. The van der Waals surface area contributed by atoms with E-state index in [1.807, 2.05) is 12.3 Å². The van der Waals surface area contributed by atoms with Crippen molar-refractivity contribution in [2.45, 2.75) is 25.3 Å². The minimum Gasteiger partial charge on any atom is -1.00 e. The SMILES string of the molecule is COC(=O)C[N+]1(C)CCCCC1c1cccnc1.[I-]. The molecule has 1 saturated heterocycles. The molecule has 0 spiro atoms. The number of esters is 1. The van der Waals surface area contributed by atoms with E-state index in [1.165, 1.54) is 25.5 Å². The van der Waals surface area contributed by atoms with Gasteiger partial charge < -0.3 is 33.2 Å². The second-order valence-corrected chi connectivity index (χ2v) is 5.24. The van der Waals surface area contributed by atoms with Crippen molar-refractivity contribution in [3.05, 3.63) is 30.1 Å². The fourth-order valence-corrected chi connectivity index (χ4v) is 2.93.